The molecule has 2 rings (SSSR count). The molecule has 102 valence electrons. The number of hydrogen-bond donors (Lipinski definition) is 0. The highest BCUT2D eigenvalue weighted by molar-refractivity contribution is 6.32. The second-order valence-electron chi connectivity index (χ2n) is 5.23. The Balaban J connectivity index is 2.10. The molecule has 1 amide bonds. The summed E-state index contributed by atoms with van der Waals surface area (Å²) in [5.41, 5.74) is 0.884. The minimum absolute atomic E-state index is 0.0830. The van der Waals surface area contributed by atoms with Gasteiger partial charge in [0.1, 0.15) is 0 Å². The molecule has 0 aromatic heterocycles. The van der Waals surface area contributed by atoms with Gasteiger partial charge in [0.15, 0.2) is 0 Å². The molecule has 2 atom stereocenters. The predicted octanol–water partition coefficient (Wildman–Crippen LogP) is 4.14. The van der Waals surface area contributed by atoms with E-state index in [-0.39, 0.29) is 5.91 Å². The van der Waals surface area contributed by atoms with E-state index in [4.69, 9.17) is 11.6 Å². The minimum Gasteiger partial charge on any atom is -0.334 e. The van der Waals surface area contributed by atoms with E-state index >= 15 is 0 Å². The van der Waals surface area contributed by atoms with E-state index in [1.807, 2.05) is 29.2 Å². The Morgan fingerprint density at radius 2 is 1.89 bits per heavy atom. The van der Waals surface area contributed by atoms with E-state index in [0.717, 1.165) is 18.4 Å². The molecule has 0 aliphatic carbocycles. The van der Waals surface area contributed by atoms with E-state index in [9.17, 15) is 4.79 Å². The van der Waals surface area contributed by atoms with Gasteiger partial charge < -0.3 is 4.90 Å². The number of halogens is 1. The third-order valence-corrected chi connectivity index (χ3v) is 4.10. The van der Waals surface area contributed by atoms with Crippen molar-refractivity contribution in [1.82, 2.24) is 4.90 Å². The zero-order chi connectivity index (χ0) is 13.8. The van der Waals surface area contributed by atoms with E-state index in [1.165, 1.54) is 6.42 Å². The molecule has 1 aliphatic heterocycles. The average molecular weight is 278 g/mol. The lowest BCUT2D eigenvalue weighted by Gasteiger charge is -2.38. The van der Waals surface area contributed by atoms with Crippen molar-refractivity contribution in [2.75, 3.05) is 0 Å². The van der Waals surface area contributed by atoms with Gasteiger partial charge in [0.2, 0.25) is 5.91 Å². The number of benzene rings is 1. The van der Waals surface area contributed by atoms with Crippen molar-refractivity contribution in [3.63, 3.8) is 0 Å². The molecule has 0 radical (unpaired) electrons. The zero-order valence-electron chi connectivity index (χ0n) is 11.5. The maximum Gasteiger partial charge on any atom is 0.247 e. The van der Waals surface area contributed by atoms with Gasteiger partial charge in [0.25, 0.3) is 0 Å². The molecule has 19 heavy (non-hydrogen) atoms. The number of piperidine rings is 1. The van der Waals surface area contributed by atoms with E-state index in [1.54, 1.807) is 12.2 Å². The first kappa shape index (κ1) is 14.1. The van der Waals surface area contributed by atoms with Crippen molar-refractivity contribution >= 4 is 23.6 Å². The summed E-state index contributed by atoms with van der Waals surface area (Å²) in [5.74, 6) is 0.0830. The van der Waals surface area contributed by atoms with Gasteiger partial charge in [0, 0.05) is 23.2 Å². The summed E-state index contributed by atoms with van der Waals surface area (Å²) in [6.07, 6.45) is 6.84. The first-order valence-corrected chi connectivity index (χ1v) is 7.22. The first-order valence-electron chi connectivity index (χ1n) is 6.84. The summed E-state index contributed by atoms with van der Waals surface area (Å²) in [7, 11) is 0. The zero-order valence-corrected chi connectivity index (χ0v) is 12.2. The fourth-order valence-corrected chi connectivity index (χ4v) is 2.91. The number of amides is 1. The molecule has 0 spiro atoms. The van der Waals surface area contributed by atoms with Gasteiger partial charge in [-0.25, -0.2) is 0 Å². The van der Waals surface area contributed by atoms with Gasteiger partial charge >= 0.3 is 0 Å². The molecule has 1 aliphatic rings. The Morgan fingerprint density at radius 3 is 2.53 bits per heavy atom. The SMILES string of the molecule is C[C@@H]1CCC[C@H](C)N1C(=O)/C=C/c1ccccc1Cl. The van der Waals surface area contributed by atoms with Crippen molar-refractivity contribution in [2.24, 2.45) is 0 Å². The molecule has 0 N–H and O–H groups in total. The normalized spacial score (nSPS) is 23.8. The lowest BCUT2D eigenvalue weighted by atomic mass is 9.97. The summed E-state index contributed by atoms with van der Waals surface area (Å²) in [6.45, 7) is 4.24. The monoisotopic (exact) mass is 277 g/mol. The quantitative estimate of drug-likeness (QED) is 0.744. The molecule has 2 nitrogen and oxygen atoms in total. The van der Waals surface area contributed by atoms with Gasteiger partial charge in [-0.2, -0.15) is 0 Å². The van der Waals surface area contributed by atoms with Crippen molar-refractivity contribution in [3.05, 3.63) is 40.9 Å². The number of rotatable bonds is 2. The standard InChI is InChI=1S/C16H20ClNO/c1-12-6-5-7-13(2)18(12)16(19)11-10-14-8-3-4-9-15(14)17/h3-4,8-13H,5-7H2,1-2H3/b11-10+/t12-,13+. The highest BCUT2D eigenvalue weighted by Crippen LogP contribution is 2.23. The Labute approximate surface area is 120 Å². The van der Waals surface area contributed by atoms with Crippen LogP contribution in [0.2, 0.25) is 5.02 Å². The largest absolute Gasteiger partial charge is 0.334 e. The third kappa shape index (κ3) is 3.38. The fourth-order valence-electron chi connectivity index (χ4n) is 2.71. The van der Waals surface area contributed by atoms with Crippen LogP contribution in [-0.4, -0.2) is 22.9 Å². The lowest BCUT2D eigenvalue weighted by molar-refractivity contribution is -0.131. The summed E-state index contributed by atoms with van der Waals surface area (Å²) in [4.78, 5) is 14.3. The summed E-state index contributed by atoms with van der Waals surface area (Å²) >= 11 is 6.07. The Kier molecular flexibility index (Phi) is 4.65. The maximum atomic E-state index is 12.3. The molecule has 1 aromatic rings. The van der Waals surface area contributed by atoms with Crippen LogP contribution in [0.4, 0.5) is 0 Å². The Hall–Kier alpha value is -1.28. The molecular formula is C16H20ClNO. The van der Waals surface area contributed by atoms with Crippen molar-refractivity contribution in [2.45, 2.75) is 45.2 Å². The molecule has 1 heterocycles. The highest BCUT2D eigenvalue weighted by Gasteiger charge is 2.27. The van der Waals surface area contributed by atoms with Crippen LogP contribution in [0.5, 0.6) is 0 Å². The molecule has 1 fully saturated rings. The molecule has 1 saturated heterocycles. The lowest BCUT2D eigenvalue weighted by Crippen LogP contribution is -2.46. The van der Waals surface area contributed by atoms with Gasteiger partial charge in [-0.05, 0) is 50.8 Å². The molecular weight excluding hydrogens is 258 g/mol. The van der Waals surface area contributed by atoms with Crippen LogP contribution >= 0.6 is 11.6 Å². The first-order chi connectivity index (χ1) is 9.09. The van der Waals surface area contributed by atoms with Crippen molar-refractivity contribution in [3.8, 4) is 0 Å². The Morgan fingerprint density at radius 1 is 1.26 bits per heavy atom. The molecule has 3 heteroatoms. The number of likely N-dealkylation sites (tertiary alicyclic amines) is 1. The number of carbonyl (C=O) groups excluding carboxylic acids is 1. The Bertz CT molecular complexity index is 473. The molecule has 1 aromatic carbocycles. The van der Waals surface area contributed by atoms with Crippen LogP contribution in [-0.2, 0) is 4.79 Å². The second kappa shape index (κ2) is 6.25. The van der Waals surface area contributed by atoms with Crippen LogP contribution in [0.3, 0.4) is 0 Å². The molecule has 0 saturated carbocycles. The van der Waals surface area contributed by atoms with Crippen LogP contribution in [0.25, 0.3) is 6.08 Å². The number of nitrogens with zero attached hydrogens (tertiary/aromatic N) is 1. The molecule has 0 bridgehead atoms. The van der Waals surface area contributed by atoms with Gasteiger partial charge in [0.05, 0.1) is 0 Å². The maximum absolute atomic E-state index is 12.3. The predicted molar refractivity (Wildman–Crippen MR) is 80.1 cm³/mol. The number of hydrogen-bond acceptors (Lipinski definition) is 1. The van der Waals surface area contributed by atoms with E-state index in [2.05, 4.69) is 13.8 Å². The van der Waals surface area contributed by atoms with Crippen LogP contribution in [0, 0.1) is 0 Å². The van der Waals surface area contributed by atoms with Crippen LogP contribution in [0.15, 0.2) is 30.3 Å². The minimum atomic E-state index is 0.0830. The summed E-state index contributed by atoms with van der Waals surface area (Å²) < 4.78 is 0. The van der Waals surface area contributed by atoms with E-state index < -0.39 is 0 Å². The van der Waals surface area contributed by atoms with Gasteiger partial charge in [-0.1, -0.05) is 29.8 Å². The summed E-state index contributed by atoms with van der Waals surface area (Å²) in [5, 5.41) is 0.672. The van der Waals surface area contributed by atoms with E-state index in [0.29, 0.717) is 17.1 Å². The van der Waals surface area contributed by atoms with Gasteiger partial charge in [-0.15, -0.1) is 0 Å². The summed E-state index contributed by atoms with van der Waals surface area (Å²) in [6, 6.07) is 8.20. The fraction of sp³-hybridized carbons (Fsp3) is 0.438. The van der Waals surface area contributed by atoms with Gasteiger partial charge in [-0.3, -0.25) is 4.79 Å². The third-order valence-electron chi connectivity index (χ3n) is 3.76. The van der Waals surface area contributed by atoms with Crippen molar-refractivity contribution in [1.29, 1.82) is 0 Å². The van der Waals surface area contributed by atoms with Crippen molar-refractivity contribution < 1.29 is 4.79 Å². The van der Waals surface area contributed by atoms with Crippen LogP contribution < -0.4 is 0 Å². The molecule has 0 unspecified atom stereocenters. The smallest absolute Gasteiger partial charge is 0.247 e. The van der Waals surface area contributed by atoms with Crippen LogP contribution in [0.1, 0.15) is 38.7 Å². The highest BCUT2D eigenvalue weighted by atomic mass is 35.5. The second-order valence-corrected chi connectivity index (χ2v) is 5.64. The number of carbonyl (C=O) groups is 1. The average Bonchev–Trinajstić information content (AvgIpc) is 2.37. The topological polar surface area (TPSA) is 20.3 Å².